The average molecular weight is 326 g/mol. The number of anilines is 1. The SMILES string of the molecule is O=C(/C=C(\c1ccccc1)C(F)(F)F)Nc1ccccc1Cl. The number of para-hydroxylation sites is 1. The van der Waals surface area contributed by atoms with Gasteiger partial charge in [-0.15, -0.1) is 0 Å². The van der Waals surface area contributed by atoms with Gasteiger partial charge in [0.25, 0.3) is 0 Å². The largest absolute Gasteiger partial charge is 0.417 e. The van der Waals surface area contributed by atoms with Crippen LogP contribution in [-0.2, 0) is 4.79 Å². The van der Waals surface area contributed by atoms with Crippen molar-refractivity contribution >= 4 is 28.8 Å². The van der Waals surface area contributed by atoms with Gasteiger partial charge in [0.05, 0.1) is 16.3 Å². The molecule has 0 heterocycles. The van der Waals surface area contributed by atoms with E-state index in [0.29, 0.717) is 6.08 Å². The van der Waals surface area contributed by atoms with Crippen LogP contribution >= 0.6 is 11.6 Å². The summed E-state index contributed by atoms with van der Waals surface area (Å²) in [6.07, 6.45) is -4.11. The Balaban J connectivity index is 2.30. The lowest BCUT2D eigenvalue weighted by Crippen LogP contribution is -2.16. The number of alkyl halides is 3. The third-order valence-electron chi connectivity index (χ3n) is 2.80. The molecular weight excluding hydrogens is 315 g/mol. The van der Waals surface area contributed by atoms with E-state index in [1.807, 2.05) is 0 Å². The van der Waals surface area contributed by atoms with E-state index in [1.54, 1.807) is 18.2 Å². The lowest BCUT2D eigenvalue weighted by Gasteiger charge is -2.12. The van der Waals surface area contributed by atoms with Crippen molar-refractivity contribution in [2.24, 2.45) is 0 Å². The predicted octanol–water partition coefficient (Wildman–Crippen LogP) is 4.92. The highest BCUT2D eigenvalue weighted by atomic mass is 35.5. The number of hydrogen-bond acceptors (Lipinski definition) is 1. The van der Waals surface area contributed by atoms with Crippen LogP contribution in [0.5, 0.6) is 0 Å². The zero-order valence-corrected chi connectivity index (χ0v) is 11.9. The number of carbonyl (C=O) groups is 1. The molecule has 2 aromatic carbocycles. The van der Waals surface area contributed by atoms with Crippen LogP contribution in [0.1, 0.15) is 5.56 Å². The first-order valence-corrected chi connectivity index (χ1v) is 6.65. The molecule has 0 saturated carbocycles. The van der Waals surface area contributed by atoms with Crippen molar-refractivity contribution in [3.63, 3.8) is 0 Å². The van der Waals surface area contributed by atoms with Gasteiger partial charge >= 0.3 is 6.18 Å². The van der Waals surface area contributed by atoms with Crippen molar-refractivity contribution in [1.29, 1.82) is 0 Å². The maximum absolute atomic E-state index is 13.1. The summed E-state index contributed by atoms with van der Waals surface area (Å²) in [6.45, 7) is 0. The minimum atomic E-state index is -4.64. The molecule has 0 aliphatic rings. The maximum Gasteiger partial charge on any atom is 0.417 e. The Morgan fingerprint density at radius 2 is 1.59 bits per heavy atom. The van der Waals surface area contributed by atoms with Gasteiger partial charge < -0.3 is 5.32 Å². The second-order valence-electron chi connectivity index (χ2n) is 4.39. The molecule has 0 spiro atoms. The monoisotopic (exact) mass is 325 g/mol. The fraction of sp³-hybridized carbons (Fsp3) is 0.0625. The Hall–Kier alpha value is -2.27. The maximum atomic E-state index is 13.1. The van der Waals surface area contributed by atoms with Crippen molar-refractivity contribution in [2.75, 3.05) is 5.32 Å². The number of benzene rings is 2. The number of amides is 1. The van der Waals surface area contributed by atoms with E-state index in [2.05, 4.69) is 5.32 Å². The molecule has 0 aliphatic carbocycles. The van der Waals surface area contributed by atoms with Gasteiger partial charge in [-0.25, -0.2) is 0 Å². The Labute approximate surface area is 130 Å². The van der Waals surface area contributed by atoms with Crippen molar-refractivity contribution in [3.8, 4) is 0 Å². The first-order valence-electron chi connectivity index (χ1n) is 6.28. The molecule has 0 aromatic heterocycles. The molecule has 0 saturated heterocycles. The van der Waals surface area contributed by atoms with E-state index in [1.165, 1.54) is 36.4 Å². The van der Waals surface area contributed by atoms with Crippen molar-refractivity contribution in [2.45, 2.75) is 6.18 Å². The smallest absolute Gasteiger partial charge is 0.321 e. The molecule has 2 aromatic rings. The Morgan fingerprint density at radius 3 is 2.18 bits per heavy atom. The lowest BCUT2D eigenvalue weighted by molar-refractivity contribution is -0.112. The minimum Gasteiger partial charge on any atom is -0.321 e. The van der Waals surface area contributed by atoms with Crippen molar-refractivity contribution in [1.82, 2.24) is 0 Å². The van der Waals surface area contributed by atoms with Gasteiger partial charge in [-0.2, -0.15) is 13.2 Å². The molecule has 22 heavy (non-hydrogen) atoms. The summed E-state index contributed by atoms with van der Waals surface area (Å²) in [5, 5.41) is 2.58. The fourth-order valence-electron chi connectivity index (χ4n) is 1.81. The molecule has 0 bridgehead atoms. The highest BCUT2D eigenvalue weighted by Crippen LogP contribution is 2.33. The highest BCUT2D eigenvalue weighted by Gasteiger charge is 2.35. The second-order valence-corrected chi connectivity index (χ2v) is 4.80. The van der Waals surface area contributed by atoms with Gasteiger partial charge in [0, 0.05) is 6.08 Å². The zero-order chi connectivity index (χ0) is 16.2. The molecule has 2 nitrogen and oxygen atoms in total. The number of rotatable bonds is 3. The van der Waals surface area contributed by atoms with E-state index in [4.69, 9.17) is 11.6 Å². The van der Waals surface area contributed by atoms with Crippen LogP contribution in [0.15, 0.2) is 60.7 Å². The Kier molecular flexibility index (Phi) is 4.88. The first kappa shape index (κ1) is 16.1. The van der Waals surface area contributed by atoms with Gasteiger partial charge in [-0.3, -0.25) is 4.79 Å². The molecule has 6 heteroatoms. The van der Waals surface area contributed by atoms with E-state index in [0.717, 1.165) is 0 Å². The summed E-state index contributed by atoms with van der Waals surface area (Å²) in [5.41, 5.74) is -0.845. The lowest BCUT2D eigenvalue weighted by atomic mass is 10.1. The van der Waals surface area contributed by atoms with Crippen LogP contribution in [0.4, 0.5) is 18.9 Å². The summed E-state index contributed by atoms with van der Waals surface area (Å²) in [5.74, 6) is -0.899. The molecule has 0 aliphatic heterocycles. The predicted molar refractivity (Wildman–Crippen MR) is 80.6 cm³/mol. The average Bonchev–Trinajstić information content (AvgIpc) is 2.47. The number of allylic oxidation sites excluding steroid dienone is 1. The molecular formula is C16H11ClF3NO. The molecule has 0 radical (unpaired) electrons. The third kappa shape index (κ3) is 4.11. The van der Waals surface area contributed by atoms with E-state index < -0.39 is 17.7 Å². The van der Waals surface area contributed by atoms with E-state index >= 15 is 0 Å². The standard InChI is InChI=1S/C16H11ClF3NO/c17-13-8-4-5-9-14(13)21-15(22)10-12(16(18,19)20)11-6-2-1-3-7-11/h1-10H,(H,21,22)/b12-10+. The summed E-state index contributed by atoms with van der Waals surface area (Å²) in [6, 6.07) is 13.4. The molecule has 1 amide bonds. The zero-order valence-electron chi connectivity index (χ0n) is 11.2. The minimum absolute atomic E-state index is 0.0793. The molecule has 114 valence electrons. The molecule has 0 fully saturated rings. The van der Waals surface area contributed by atoms with Gasteiger partial charge in [0.1, 0.15) is 0 Å². The number of carbonyl (C=O) groups excluding carboxylic acids is 1. The van der Waals surface area contributed by atoms with Gasteiger partial charge in [-0.1, -0.05) is 54.1 Å². The molecule has 1 N–H and O–H groups in total. The first-order chi connectivity index (χ1) is 10.4. The number of nitrogens with one attached hydrogen (secondary N) is 1. The van der Waals surface area contributed by atoms with Gasteiger partial charge in [-0.05, 0) is 17.7 Å². The van der Waals surface area contributed by atoms with Crippen molar-refractivity contribution in [3.05, 3.63) is 71.3 Å². The van der Waals surface area contributed by atoms with Crippen LogP contribution in [-0.4, -0.2) is 12.1 Å². The molecule has 2 rings (SSSR count). The number of hydrogen-bond donors (Lipinski definition) is 1. The Morgan fingerprint density at radius 1 is 1.00 bits per heavy atom. The van der Waals surface area contributed by atoms with E-state index in [-0.39, 0.29) is 16.3 Å². The summed E-state index contributed by atoms with van der Waals surface area (Å²) < 4.78 is 39.3. The number of halogens is 4. The van der Waals surface area contributed by atoms with E-state index in [9.17, 15) is 18.0 Å². The summed E-state index contributed by atoms with van der Waals surface area (Å²) >= 11 is 5.85. The molecule has 0 unspecified atom stereocenters. The van der Waals surface area contributed by atoms with Crippen LogP contribution in [0, 0.1) is 0 Å². The van der Waals surface area contributed by atoms with Gasteiger partial charge in [0.2, 0.25) is 5.91 Å². The topological polar surface area (TPSA) is 29.1 Å². The summed E-state index contributed by atoms with van der Waals surface area (Å²) in [7, 11) is 0. The van der Waals surface area contributed by atoms with Crippen LogP contribution in [0.25, 0.3) is 5.57 Å². The second kappa shape index (κ2) is 6.66. The van der Waals surface area contributed by atoms with Crippen LogP contribution in [0.2, 0.25) is 5.02 Å². The third-order valence-corrected chi connectivity index (χ3v) is 3.13. The molecule has 0 atom stereocenters. The normalized spacial score (nSPS) is 12.1. The fourth-order valence-corrected chi connectivity index (χ4v) is 1.99. The van der Waals surface area contributed by atoms with Crippen molar-refractivity contribution < 1.29 is 18.0 Å². The van der Waals surface area contributed by atoms with Gasteiger partial charge in [0.15, 0.2) is 0 Å². The Bertz CT molecular complexity index is 696. The highest BCUT2D eigenvalue weighted by molar-refractivity contribution is 6.33. The quantitative estimate of drug-likeness (QED) is 0.797. The summed E-state index contributed by atoms with van der Waals surface area (Å²) in [4.78, 5) is 11.8. The van der Waals surface area contributed by atoms with Crippen LogP contribution in [0.3, 0.4) is 0 Å². The van der Waals surface area contributed by atoms with Crippen LogP contribution < -0.4 is 5.32 Å².